The molecule has 1 aliphatic carbocycles. The van der Waals surface area contributed by atoms with Crippen LogP contribution in [0.5, 0.6) is 0 Å². The Balaban J connectivity index is 1.41. The van der Waals surface area contributed by atoms with Crippen molar-refractivity contribution in [3.63, 3.8) is 0 Å². The van der Waals surface area contributed by atoms with Crippen molar-refractivity contribution >= 4 is 35.3 Å². The number of thioether (sulfide) groups is 1. The molecule has 3 aliphatic rings. The highest BCUT2D eigenvalue weighted by atomic mass is 32.2. The Morgan fingerprint density at radius 3 is 2.80 bits per heavy atom. The third-order valence-corrected chi connectivity index (χ3v) is 7.50. The second-order valence-electron chi connectivity index (χ2n) is 8.11. The molecule has 154 valence electrons. The number of fused-ring (bicyclic) bond motifs is 3. The summed E-state index contributed by atoms with van der Waals surface area (Å²) >= 11 is 1.75. The van der Waals surface area contributed by atoms with E-state index in [1.54, 1.807) is 16.7 Å². The summed E-state index contributed by atoms with van der Waals surface area (Å²) in [7, 11) is 0. The average molecular weight is 422 g/mol. The Morgan fingerprint density at radius 1 is 1.17 bits per heavy atom. The van der Waals surface area contributed by atoms with Gasteiger partial charge >= 0.3 is 6.03 Å². The van der Waals surface area contributed by atoms with Gasteiger partial charge in [-0.15, -0.1) is 11.8 Å². The van der Waals surface area contributed by atoms with Gasteiger partial charge in [0, 0.05) is 16.7 Å². The van der Waals surface area contributed by atoms with Gasteiger partial charge in [0.1, 0.15) is 12.1 Å². The van der Waals surface area contributed by atoms with Crippen LogP contribution in [0, 0.1) is 0 Å². The molecule has 1 fully saturated rings. The minimum absolute atomic E-state index is 0.232. The number of para-hydroxylation sites is 1. The van der Waals surface area contributed by atoms with Gasteiger partial charge in [-0.1, -0.05) is 43.3 Å². The van der Waals surface area contributed by atoms with Crippen molar-refractivity contribution < 1.29 is 14.4 Å². The van der Waals surface area contributed by atoms with E-state index in [9.17, 15) is 14.4 Å². The third kappa shape index (κ3) is 2.91. The van der Waals surface area contributed by atoms with E-state index in [1.807, 2.05) is 48.5 Å². The molecule has 5 rings (SSSR count). The van der Waals surface area contributed by atoms with Gasteiger partial charge in [0.25, 0.3) is 5.91 Å². The van der Waals surface area contributed by atoms with Crippen molar-refractivity contribution in [2.24, 2.45) is 0 Å². The van der Waals surface area contributed by atoms with Crippen molar-refractivity contribution in [3.05, 3.63) is 59.7 Å². The molecule has 2 aromatic rings. The summed E-state index contributed by atoms with van der Waals surface area (Å²) in [6, 6.07) is 15.0. The highest BCUT2D eigenvalue weighted by Crippen LogP contribution is 2.41. The number of urea groups is 1. The lowest BCUT2D eigenvalue weighted by Crippen LogP contribution is -2.45. The normalized spacial score (nSPS) is 25.2. The summed E-state index contributed by atoms with van der Waals surface area (Å²) in [5.41, 5.74) is 1.75. The van der Waals surface area contributed by atoms with E-state index in [4.69, 9.17) is 0 Å². The number of imide groups is 1. The summed E-state index contributed by atoms with van der Waals surface area (Å²) in [6.45, 7) is 2.47. The quantitative estimate of drug-likeness (QED) is 0.756. The smallest absolute Gasteiger partial charge is 0.319 e. The standard InChI is InChI=1S/C23H23N3O3S/c1-15-11-13-25(18-8-4-5-9-19(18)30-15)20(27)14-26-21(28)23(24-22(26)29)12-10-16-6-2-3-7-17(16)23/h2-9,15H,10-14H2,1H3,(H,24,29). The molecule has 4 amide bonds. The number of carbonyl (C=O) groups is 3. The van der Waals surface area contributed by atoms with Crippen LogP contribution in [0.3, 0.4) is 0 Å². The summed E-state index contributed by atoms with van der Waals surface area (Å²) in [4.78, 5) is 43.2. The molecule has 2 aromatic carbocycles. The molecule has 6 nitrogen and oxygen atoms in total. The highest BCUT2D eigenvalue weighted by molar-refractivity contribution is 8.00. The predicted octanol–water partition coefficient (Wildman–Crippen LogP) is 3.30. The first-order chi connectivity index (χ1) is 14.5. The molecule has 1 N–H and O–H groups in total. The number of nitrogens with zero attached hydrogens (tertiary/aromatic N) is 2. The first-order valence-corrected chi connectivity index (χ1v) is 11.2. The summed E-state index contributed by atoms with van der Waals surface area (Å²) < 4.78 is 0. The lowest BCUT2D eigenvalue weighted by molar-refractivity contribution is -0.134. The Morgan fingerprint density at radius 2 is 1.93 bits per heavy atom. The van der Waals surface area contributed by atoms with E-state index in [0.717, 1.165) is 39.5 Å². The Hall–Kier alpha value is -2.80. The molecule has 2 unspecified atom stereocenters. The van der Waals surface area contributed by atoms with Gasteiger partial charge in [-0.2, -0.15) is 0 Å². The van der Waals surface area contributed by atoms with Crippen molar-refractivity contribution in [1.29, 1.82) is 0 Å². The fourth-order valence-electron chi connectivity index (χ4n) is 4.70. The molecule has 0 saturated carbocycles. The maximum absolute atomic E-state index is 13.4. The van der Waals surface area contributed by atoms with Crippen LogP contribution in [-0.2, 0) is 21.5 Å². The van der Waals surface area contributed by atoms with Crippen LogP contribution < -0.4 is 10.2 Å². The lowest BCUT2D eigenvalue weighted by atomic mass is 9.92. The Kier molecular flexibility index (Phi) is 4.58. The van der Waals surface area contributed by atoms with Gasteiger partial charge in [0.15, 0.2) is 0 Å². The minimum atomic E-state index is -1.03. The van der Waals surface area contributed by atoms with Gasteiger partial charge in [0.05, 0.1) is 5.69 Å². The molecule has 7 heteroatoms. The van der Waals surface area contributed by atoms with E-state index in [-0.39, 0.29) is 18.4 Å². The fourth-order valence-corrected chi connectivity index (χ4v) is 5.81. The average Bonchev–Trinajstić information content (AvgIpc) is 3.15. The number of benzene rings is 2. The van der Waals surface area contributed by atoms with Crippen molar-refractivity contribution in [3.8, 4) is 0 Å². The molecule has 1 saturated heterocycles. The van der Waals surface area contributed by atoms with E-state index in [2.05, 4.69) is 12.2 Å². The molecule has 1 spiro atoms. The van der Waals surface area contributed by atoms with Crippen LogP contribution >= 0.6 is 11.8 Å². The van der Waals surface area contributed by atoms with Gasteiger partial charge in [-0.3, -0.25) is 14.5 Å². The third-order valence-electron chi connectivity index (χ3n) is 6.26. The molecule has 0 bridgehead atoms. The first kappa shape index (κ1) is 19.2. The van der Waals surface area contributed by atoms with Crippen LogP contribution in [-0.4, -0.2) is 41.1 Å². The molecule has 0 radical (unpaired) electrons. The number of hydrogen-bond acceptors (Lipinski definition) is 4. The Labute approximate surface area is 179 Å². The maximum atomic E-state index is 13.4. The summed E-state index contributed by atoms with van der Waals surface area (Å²) in [6.07, 6.45) is 2.11. The second-order valence-corrected chi connectivity index (χ2v) is 9.59. The van der Waals surface area contributed by atoms with Gasteiger partial charge in [0.2, 0.25) is 5.91 Å². The fraction of sp³-hybridized carbons (Fsp3) is 0.348. The zero-order valence-corrected chi connectivity index (χ0v) is 17.6. The molecular formula is C23H23N3O3S. The van der Waals surface area contributed by atoms with Gasteiger partial charge < -0.3 is 10.2 Å². The predicted molar refractivity (Wildman–Crippen MR) is 115 cm³/mol. The molecule has 2 heterocycles. The van der Waals surface area contributed by atoms with Crippen molar-refractivity contribution in [1.82, 2.24) is 10.2 Å². The highest BCUT2D eigenvalue weighted by Gasteiger charge is 2.55. The molecule has 0 aromatic heterocycles. The first-order valence-electron chi connectivity index (χ1n) is 10.3. The lowest BCUT2D eigenvalue weighted by Gasteiger charge is -2.25. The number of amides is 4. The molecular weight excluding hydrogens is 398 g/mol. The zero-order chi connectivity index (χ0) is 20.9. The number of aryl methyl sites for hydroxylation is 1. The largest absolute Gasteiger partial charge is 0.325 e. The topological polar surface area (TPSA) is 69.7 Å². The monoisotopic (exact) mass is 421 g/mol. The van der Waals surface area contributed by atoms with E-state index >= 15 is 0 Å². The summed E-state index contributed by atoms with van der Waals surface area (Å²) in [5.74, 6) is -0.555. The summed E-state index contributed by atoms with van der Waals surface area (Å²) in [5, 5.41) is 3.28. The van der Waals surface area contributed by atoms with Crippen LogP contribution in [0.1, 0.15) is 30.9 Å². The van der Waals surface area contributed by atoms with Crippen LogP contribution in [0.25, 0.3) is 0 Å². The number of carbonyl (C=O) groups excluding carboxylic acids is 3. The van der Waals surface area contributed by atoms with Crippen LogP contribution in [0.2, 0.25) is 0 Å². The molecule has 30 heavy (non-hydrogen) atoms. The van der Waals surface area contributed by atoms with E-state index < -0.39 is 11.6 Å². The number of nitrogens with one attached hydrogen (secondary N) is 1. The number of anilines is 1. The van der Waals surface area contributed by atoms with Crippen molar-refractivity contribution in [2.75, 3.05) is 18.0 Å². The molecule has 2 atom stereocenters. The number of hydrogen-bond donors (Lipinski definition) is 1. The maximum Gasteiger partial charge on any atom is 0.325 e. The van der Waals surface area contributed by atoms with Gasteiger partial charge in [-0.25, -0.2) is 4.79 Å². The van der Waals surface area contributed by atoms with Gasteiger partial charge in [-0.05, 0) is 42.5 Å². The number of rotatable bonds is 2. The zero-order valence-electron chi connectivity index (χ0n) is 16.8. The van der Waals surface area contributed by atoms with Crippen LogP contribution in [0.15, 0.2) is 53.4 Å². The van der Waals surface area contributed by atoms with E-state index in [0.29, 0.717) is 18.2 Å². The van der Waals surface area contributed by atoms with E-state index in [1.165, 1.54) is 0 Å². The minimum Gasteiger partial charge on any atom is -0.319 e. The van der Waals surface area contributed by atoms with Crippen molar-refractivity contribution in [2.45, 2.75) is 41.9 Å². The SMILES string of the molecule is CC1CCN(C(=O)CN2C(=O)NC3(CCc4ccccc43)C2=O)c2ccccc2S1. The molecule has 2 aliphatic heterocycles. The van der Waals surface area contributed by atoms with Crippen LogP contribution in [0.4, 0.5) is 10.5 Å². The second kappa shape index (κ2) is 7.16. The Bertz CT molecular complexity index is 1060.